The number of sulfonamides is 4. The number of ether oxygens (including phenoxy) is 4. The van der Waals surface area contributed by atoms with E-state index in [1.54, 1.807) is 65.6 Å². The van der Waals surface area contributed by atoms with Gasteiger partial charge in [0.25, 0.3) is 6.47 Å². The molecule has 0 radical (unpaired) electrons. The molecule has 0 aliphatic rings. The van der Waals surface area contributed by atoms with Crippen molar-refractivity contribution in [2.75, 3.05) is 37.9 Å². The third-order valence-electron chi connectivity index (χ3n) is 11.0. The largest absolute Gasteiger partial charge is 1.00 e. The number of thioether (sulfide) groups is 3. The number of hydrogen-bond acceptors (Lipinski definition) is 24. The van der Waals surface area contributed by atoms with E-state index in [0.717, 1.165) is 76.1 Å². The minimum atomic E-state index is -4.01. The first-order valence-electron chi connectivity index (χ1n) is 24.5. The van der Waals surface area contributed by atoms with E-state index in [1.807, 2.05) is 68.7 Å². The normalized spacial score (nSPS) is 10.1. The Morgan fingerprint density at radius 2 is 0.784 bits per heavy atom. The molecule has 40 heteroatoms. The van der Waals surface area contributed by atoms with Crippen LogP contribution in [0.5, 0.6) is 28.7 Å². The van der Waals surface area contributed by atoms with E-state index >= 15 is 0 Å². The molecule has 0 aliphatic heterocycles. The van der Waals surface area contributed by atoms with Crippen LogP contribution in [0.4, 0.5) is 8.78 Å². The van der Waals surface area contributed by atoms with Crippen LogP contribution in [0.1, 0.15) is 67.0 Å². The van der Waals surface area contributed by atoms with Gasteiger partial charge in [-0.25, -0.2) is 82.2 Å². The van der Waals surface area contributed by atoms with Crippen LogP contribution in [0.15, 0.2) is 162 Å². The monoisotopic (exact) mass is 1650 g/mol. The molecule has 518 valence electrons. The number of aromatic carboxylic acids is 2. The second kappa shape index (κ2) is 49.1. The number of hydrogen-bond donors (Lipinski definition) is 7. The van der Waals surface area contributed by atoms with Gasteiger partial charge in [0.15, 0.2) is 0 Å². The quantitative estimate of drug-likeness (QED) is 0.00956. The summed E-state index contributed by atoms with van der Waals surface area (Å²) in [4.78, 5) is 60.1. The van der Waals surface area contributed by atoms with Crippen LogP contribution in [0.25, 0.3) is 0 Å². The van der Waals surface area contributed by atoms with Crippen LogP contribution in [-0.4, -0.2) is 123 Å². The average molecular weight is 1650 g/mol. The molecule has 0 aliphatic carbocycles. The van der Waals surface area contributed by atoms with E-state index in [1.165, 1.54) is 36.3 Å². The summed E-state index contributed by atoms with van der Waals surface area (Å²) in [6.07, 6.45) is 5.96. The molecule has 0 spiro atoms. The van der Waals surface area contributed by atoms with E-state index in [-0.39, 0.29) is 180 Å². The van der Waals surface area contributed by atoms with Crippen molar-refractivity contribution < 1.29 is 239 Å². The number of primary sulfonamides is 4. The number of aromatic hydroxyl groups is 1. The van der Waals surface area contributed by atoms with E-state index in [0.29, 0.717) is 23.3 Å². The smallest absolute Gasteiger partial charge is 1.00 e. The Kier molecular flexibility index (Phi) is 51.6. The van der Waals surface area contributed by atoms with Crippen molar-refractivity contribution in [3.63, 3.8) is 0 Å². The third-order valence-corrected chi connectivity index (χ3v) is 17.3. The maximum atomic E-state index is 13.1. The molecule has 27 nitrogen and oxygen atoms in total. The average Bonchev–Trinajstić information content (AvgIpc) is 0.847. The van der Waals surface area contributed by atoms with Gasteiger partial charge in [0, 0.05) is 14.7 Å². The zero-order valence-electron chi connectivity index (χ0n) is 54.0. The first kappa shape index (κ1) is 102. The van der Waals surface area contributed by atoms with Gasteiger partial charge in [0.1, 0.15) is 51.5 Å². The Hall–Kier alpha value is -3.64. The number of carboxylic acids is 2. The summed E-state index contributed by atoms with van der Waals surface area (Å²) in [7, 11) is -13.6. The summed E-state index contributed by atoms with van der Waals surface area (Å²) in [5.74, 6) is -4.84. The number of nitrogens with two attached hydrogens (primary N) is 4. The zero-order valence-corrected chi connectivity index (χ0v) is 67.2. The number of rotatable bonds is 16. The second-order valence-corrected chi connectivity index (χ2v) is 26.0. The molecule has 0 aromatic heterocycles. The van der Waals surface area contributed by atoms with Crippen LogP contribution in [-0.2, 0) is 59.2 Å². The molecular weight excluding hydrogens is 1580 g/mol. The molecule has 0 heterocycles. The Bertz CT molecular complexity index is 4260. The summed E-state index contributed by atoms with van der Waals surface area (Å²) in [5.41, 5.74) is 1.67. The summed E-state index contributed by atoms with van der Waals surface area (Å²) in [5, 5.41) is 54.8. The van der Waals surface area contributed by atoms with Gasteiger partial charge in [-0.3, -0.25) is 4.79 Å². The molecule has 7 aromatic rings. The number of phenolic OH excluding ortho intramolecular Hbond substituents is 1. The number of halogens is 3. The first-order chi connectivity index (χ1) is 42.8. The molecule has 12 N–H and O–H groups in total. The molecule has 0 bridgehead atoms. The van der Waals surface area contributed by atoms with Gasteiger partial charge < -0.3 is 51.3 Å². The minimum Gasteiger partial charge on any atom is -1.00 e. The third kappa shape index (κ3) is 35.2. The van der Waals surface area contributed by atoms with Crippen molar-refractivity contribution >= 4 is 128 Å². The molecule has 97 heavy (non-hydrogen) atoms. The molecule has 7 aromatic carbocycles. The number of methoxy groups -OCH3 is 2. The second-order valence-electron chi connectivity index (χ2n) is 17.2. The SMILES string of the molecule is C.CI.COC(=O)c1cc(S(N)(=O)=O)ccc1F.COC(=O)c1cc(S(N)(=O)=O)ccc1Oc1ccc(SC)c(C)c1.CSc1ccc(O)cc1C.CSc1ccc(Oc2ccc(S(N)(=O)=O)cc2C(=O)O)cc1C.NS(=O)(=O)c1ccc(F)c(C(=O)O)c1.O=CO[O-].[H-].[K+].[K+].[Li+].[OH-]. The maximum absolute atomic E-state index is 13.1. The van der Waals surface area contributed by atoms with Crippen molar-refractivity contribution in [1.82, 2.24) is 0 Å². The Labute approximate surface area is 685 Å². The summed E-state index contributed by atoms with van der Waals surface area (Å²) >= 11 is 7.05. The van der Waals surface area contributed by atoms with Crippen molar-refractivity contribution in [1.29, 1.82) is 0 Å². The molecule has 0 saturated heterocycles. The number of esters is 2. The number of carbonyl (C=O) groups excluding carboxylic acids is 3. The predicted molar refractivity (Wildman–Crippen MR) is 355 cm³/mol. The molecular formula is C57H66F2IK2LiN4O23S7. The first-order valence-corrected chi connectivity index (χ1v) is 36.5. The van der Waals surface area contributed by atoms with Gasteiger partial charge in [0.05, 0.1) is 44.9 Å². The Morgan fingerprint density at radius 1 is 0.505 bits per heavy atom. The van der Waals surface area contributed by atoms with Gasteiger partial charge in [-0.05, 0) is 189 Å². The van der Waals surface area contributed by atoms with E-state index < -0.39 is 91.6 Å². The number of carboxylic acid groups (broad SMARTS) is 2. The fraction of sp³-hybridized carbons (Fsp3) is 0.175. The fourth-order valence-corrected chi connectivity index (χ4v) is 10.6. The van der Waals surface area contributed by atoms with Crippen molar-refractivity contribution in [3.05, 3.63) is 178 Å². The molecule has 0 fully saturated rings. The maximum Gasteiger partial charge on any atom is 1.00 e. The number of carbonyl (C=O) groups is 5. The van der Waals surface area contributed by atoms with Crippen molar-refractivity contribution in [2.45, 2.75) is 62.5 Å². The van der Waals surface area contributed by atoms with Crippen LogP contribution in [0.2, 0.25) is 0 Å². The molecule has 0 atom stereocenters. The van der Waals surface area contributed by atoms with Gasteiger partial charge >= 0.3 is 146 Å². The fourth-order valence-electron chi connectivity index (χ4n) is 6.73. The number of aryl methyl sites for hydroxylation is 3. The molecule has 0 unspecified atom stereocenters. The van der Waals surface area contributed by atoms with Crippen molar-refractivity contribution in [3.8, 4) is 28.7 Å². The van der Waals surface area contributed by atoms with Crippen LogP contribution >= 0.6 is 57.9 Å². The van der Waals surface area contributed by atoms with E-state index in [9.17, 15) is 66.7 Å². The zero-order chi connectivity index (χ0) is 70.6. The van der Waals surface area contributed by atoms with Crippen LogP contribution in [0, 0.1) is 32.4 Å². The summed E-state index contributed by atoms with van der Waals surface area (Å²) < 4.78 is 135. The van der Waals surface area contributed by atoms with Gasteiger partial charge in [0.2, 0.25) is 40.1 Å². The van der Waals surface area contributed by atoms with Gasteiger partial charge in [-0.2, -0.15) is 0 Å². The van der Waals surface area contributed by atoms with Gasteiger partial charge in [-0.1, -0.05) is 30.0 Å². The molecule has 0 saturated carbocycles. The van der Waals surface area contributed by atoms with Crippen molar-refractivity contribution in [2.24, 2.45) is 20.6 Å². The van der Waals surface area contributed by atoms with Crippen LogP contribution < -0.4 is 157 Å². The number of alkyl halides is 1. The Balaban J connectivity index is -0.000000267. The Morgan fingerprint density at radius 3 is 1.08 bits per heavy atom. The van der Waals surface area contributed by atoms with E-state index in [2.05, 4.69) is 37.0 Å². The van der Waals surface area contributed by atoms with Crippen LogP contribution in [0.3, 0.4) is 0 Å². The predicted octanol–water partition coefficient (Wildman–Crippen LogP) is -0.279. The summed E-state index contributed by atoms with van der Waals surface area (Å²) in [6.45, 7) is 5.68. The summed E-state index contributed by atoms with van der Waals surface area (Å²) in [6, 6.07) is 28.5. The number of benzene rings is 7. The minimum absolute atomic E-state index is 0. The van der Waals surface area contributed by atoms with E-state index in [4.69, 9.17) is 50.3 Å². The standard InChI is InChI=1S/C16H17NO5S2.C15H15NO5S2.C8H8FNO4S.C8H10OS.C7H6FNO4S.CH3I.CH2O3.CH4.2K.Li.H2O.H/c1-10-8-11(4-7-15(10)23-3)22-14-6-5-12(24(17,19)20)9-13(14)16(18)21-2;1-9-7-10(3-6-14(9)22-2)21-13-5-4-11(23(16,19)20)8-12(13)15(17)18;1-14-8(11)6-4-5(15(10,12)13)2-3-7(6)9;1-6-5-7(9)3-4-8(6)10-2;8-6-2-1-4(14(9,12)13)3-5(6)7(10)11;1-2;2-1-4-3;;;;;;/h4-9H,1-3H3,(H2,17,19,20);3-8H,1-2H3,(H,17,18)(H2,16,19,20);2-4H,1H3,(H2,10,12,13);3-5,9H,1-2H3;1-3H,(H,10,11)(H2,9,12,13);1H3;1,3H;1H4;;;;1H2;/q;;;;;;;;3*+1;;-1/p-2. The van der Waals surface area contributed by atoms with Gasteiger partial charge in [-0.15, -0.1) is 35.3 Å². The molecule has 0 amide bonds. The molecule has 7 rings (SSSR count). The number of phenols is 1. The topological polar surface area (TPSA) is 486 Å².